The smallest absolute Gasteiger partial charge is 0.309 e. The minimum atomic E-state index is -4.39. The highest BCUT2D eigenvalue weighted by Gasteiger charge is 2.33. The van der Waals surface area contributed by atoms with Gasteiger partial charge in [-0.2, -0.15) is 13.2 Å². The number of imidazole rings is 1. The van der Waals surface area contributed by atoms with Gasteiger partial charge < -0.3 is 5.32 Å². The quantitative estimate of drug-likeness (QED) is 0.655. The SMILES string of the molecule is CNCC#Cc1nc2c(Br)cccn2c1SC(F)(F)F. The molecule has 0 aliphatic heterocycles. The second kappa shape index (κ2) is 6.08. The van der Waals surface area contributed by atoms with E-state index in [-0.39, 0.29) is 22.5 Å². The van der Waals surface area contributed by atoms with E-state index in [2.05, 4.69) is 38.1 Å². The van der Waals surface area contributed by atoms with Crippen LogP contribution in [0, 0.1) is 11.8 Å². The van der Waals surface area contributed by atoms with E-state index in [9.17, 15) is 13.2 Å². The molecule has 0 aliphatic rings. The van der Waals surface area contributed by atoms with Gasteiger partial charge >= 0.3 is 5.51 Å². The van der Waals surface area contributed by atoms with Crippen molar-refractivity contribution in [1.82, 2.24) is 14.7 Å². The highest BCUT2D eigenvalue weighted by molar-refractivity contribution is 9.10. The fourth-order valence-corrected chi connectivity index (χ4v) is 2.61. The Bertz CT molecular complexity index is 685. The number of alkyl halides is 3. The second-order valence-electron chi connectivity index (χ2n) is 3.70. The molecule has 0 unspecified atom stereocenters. The Morgan fingerprint density at radius 1 is 1.50 bits per heavy atom. The lowest BCUT2D eigenvalue weighted by atomic mass is 10.4. The van der Waals surface area contributed by atoms with Crippen molar-refractivity contribution in [2.24, 2.45) is 0 Å². The molecule has 0 atom stereocenters. The van der Waals surface area contributed by atoms with Gasteiger partial charge in [-0.25, -0.2) is 4.98 Å². The van der Waals surface area contributed by atoms with Crippen LogP contribution < -0.4 is 5.32 Å². The fourth-order valence-electron chi connectivity index (χ4n) is 1.52. The molecule has 0 saturated heterocycles. The molecule has 0 amide bonds. The molecule has 0 aliphatic carbocycles. The first-order valence-corrected chi connectivity index (χ1v) is 7.09. The molecule has 0 saturated carbocycles. The maximum atomic E-state index is 12.7. The van der Waals surface area contributed by atoms with Gasteiger partial charge in [0, 0.05) is 18.0 Å². The molecule has 0 spiro atoms. The van der Waals surface area contributed by atoms with Gasteiger partial charge in [0.15, 0.2) is 5.65 Å². The van der Waals surface area contributed by atoms with Crippen molar-refractivity contribution in [1.29, 1.82) is 0 Å². The Hall–Kier alpha value is -1.17. The van der Waals surface area contributed by atoms with Gasteiger partial charge in [0.2, 0.25) is 0 Å². The predicted molar refractivity (Wildman–Crippen MR) is 75.6 cm³/mol. The van der Waals surface area contributed by atoms with E-state index in [1.165, 1.54) is 10.6 Å². The Balaban J connectivity index is 2.58. The standard InChI is InChI=1S/C12H9BrF3N3S/c1-17-6-2-5-9-11(20-12(14,15)16)19-7-3-4-8(13)10(19)18-9/h3-4,7,17H,6H2,1H3. The molecule has 2 heterocycles. The van der Waals surface area contributed by atoms with Crippen molar-refractivity contribution < 1.29 is 13.2 Å². The van der Waals surface area contributed by atoms with Crippen LogP contribution in [0.1, 0.15) is 5.69 Å². The Labute approximate surface area is 126 Å². The fraction of sp³-hybridized carbons (Fsp3) is 0.250. The molecule has 2 rings (SSSR count). The third-order valence-electron chi connectivity index (χ3n) is 2.24. The first-order chi connectivity index (χ1) is 9.42. The van der Waals surface area contributed by atoms with Crippen molar-refractivity contribution in [2.75, 3.05) is 13.6 Å². The highest BCUT2D eigenvalue weighted by atomic mass is 79.9. The van der Waals surface area contributed by atoms with E-state index in [0.29, 0.717) is 16.7 Å². The lowest BCUT2D eigenvalue weighted by molar-refractivity contribution is -0.0329. The molecule has 3 nitrogen and oxygen atoms in total. The van der Waals surface area contributed by atoms with Gasteiger partial charge in [-0.15, -0.1) is 0 Å². The molecule has 2 aromatic heterocycles. The predicted octanol–water partition coefficient (Wildman–Crippen LogP) is 3.28. The summed E-state index contributed by atoms with van der Waals surface area (Å²) in [5, 5.41) is 2.77. The zero-order valence-corrected chi connectivity index (χ0v) is 12.7. The number of fused-ring (bicyclic) bond motifs is 1. The maximum absolute atomic E-state index is 12.7. The number of hydrogen-bond donors (Lipinski definition) is 1. The Kier molecular flexibility index (Phi) is 4.62. The van der Waals surface area contributed by atoms with Crippen LogP contribution in [0.15, 0.2) is 27.8 Å². The van der Waals surface area contributed by atoms with Gasteiger partial charge in [-0.3, -0.25) is 4.40 Å². The summed E-state index contributed by atoms with van der Waals surface area (Å²) >= 11 is 3.06. The van der Waals surface area contributed by atoms with Gasteiger partial charge in [-0.1, -0.05) is 5.92 Å². The third kappa shape index (κ3) is 3.48. The lowest BCUT2D eigenvalue weighted by Gasteiger charge is -2.05. The first-order valence-electron chi connectivity index (χ1n) is 5.48. The Morgan fingerprint density at radius 3 is 2.90 bits per heavy atom. The van der Waals surface area contributed by atoms with Crippen LogP contribution in [0.3, 0.4) is 0 Å². The summed E-state index contributed by atoms with van der Waals surface area (Å²) in [6.07, 6.45) is 1.53. The number of nitrogens with one attached hydrogen (secondary N) is 1. The van der Waals surface area contributed by atoms with Gasteiger partial charge in [0.05, 0.1) is 11.0 Å². The zero-order chi connectivity index (χ0) is 14.8. The number of pyridine rings is 1. The van der Waals surface area contributed by atoms with E-state index in [1.807, 2.05) is 0 Å². The lowest BCUT2D eigenvalue weighted by Crippen LogP contribution is -2.04. The van der Waals surface area contributed by atoms with Gasteiger partial charge in [0.1, 0.15) is 10.7 Å². The Morgan fingerprint density at radius 2 is 2.25 bits per heavy atom. The van der Waals surface area contributed by atoms with E-state index < -0.39 is 5.51 Å². The molecular weight excluding hydrogens is 355 g/mol. The van der Waals surface area contributed by atoms with Gasteiger partial charge in [0.25, 0.3) is 0 Å². The maximum Gasteiger partial charge on any atom is 0.447 e. The summed E-state index contributed by atoms with van der Waals surface area (Å²) in [7, 11) is 1.71. The van der Waals surface area contributed by atoms with Crippen LogP contribution in [-0.4, -0.2) is 28.5 Å². The summed E-state index contributed by atoms with van der Waals surface area (Å²) in [6, 6.07) is 3.36. The summed E-state index contributed by atoms with van der Waals surface area (Å²) in [6.45, 7) is 0.380. The van der Waals surface area contributed by atoms with Crippen LogP contribution in [0.4, 0.5) is 13.2 Å². The summed E-state index contributed by atoms with van der Waals surface area (Å²) in [5.74, 6) is 5.39. The molecule has 2 aromatic rings. The van der Waals surface area contributed by atoms with Crippen LogP contribution in [0.2, 0.25) is 0 Å². The molecule has 8 heteroatoms. The van der Waals surface area contributed by atoms with Gasteiger partial charge in [-0.05, 0) is 41.0 Å². The molecule has 106 valence electrons. The van der Waals surface area contributed by atoms with Crippen LogP contribution in [-0.2, 0) is 0 Å². The van der Waals surface area contributed by atoms with Crippen LogP contribution >= 0.6 is 27.7 Å². The molecular formula is C12H9BrF3N3S. The monoisotopic (exact) mass is 363 g/mol. The van der Waals surface area contributed by atoms with Crippen molar-refractivity contribution in [3.63, 3.8) is 0 Å². The van der Waals surface area contributed by atoms with Crippen molar-refractivity contribution in [3.05, 3.63) is 28.5 Å². The van der Waals surface area contributed by atoms with Crippen LogP contribution in [0.25, 0.3) is 5.65 Å². The largest absolute Gasteiger partial charge is 0.447 e. The number of nitrogens with zero attached hydrogens (tertiary/aromatic N) is 2. The first kappa shape index (κ1) is 15.2. The molecule has 0 fully saturated rings. The second-order valence-corrected chi connectivity index (χ2v) is 5.60. The third-order valence-corrected chi connectivity index (χ3v) is 3.68. The number of aromatic nitrogens is 2. The zero-order valence-electron chi connectivity index (χ0n) is 10.3. The molecule has 20 heavy (non-hydrogen) atoms. The minimum Gasteiger partial charge on any atom is -0.309 e. The van der Waals surface area contributed by atoms with E-state index >= 15 is 0 Å². The summed E-state index contributed by atoms with van der Waals surface area (Å²) in [5.41, 5.74) is -3.86. The van der Waals surface area contributed by atoms with Crippen molar-refractivity contribution >= 4 is 33.3 Å². The van der Waals surface area contributed by atoms with Crippen LogP contribution in [0.5, 0.6) is 0 Å². The number of halogens is 4. The molecule has 0 aromatic carbocycles. The summed E-state index contributed by atoms with van der Waals surface area (Å²) in [4.78, 5) is 4.16. The average molecular weight is 364 g/mol. The van der Waals surface area contributed by atoms with E-state index in [0.717, 1.165) is 0 Å². The topological polar surface area (TPSA) is 29.3 Å². The van der Waals surface area contributed by atoms with E-state index in [4.69, 9.17) is 0 Å². The molecule has 0 radical (unpaired) electrons. The van der Waals surface area contributed by atoms with Crippen molar-refractivity contribution in [3.8, 4) is 11.8 Å². The average Bonchev–Trinajstić information content (AvgIpc) is 2.68. The molecule has 0 bridgehead atoms. The normalized spacial score (nSPS) is 11.4. The number of thioether (sulfide) groups is 1. The minimum absolute atomic E-state index is 0.0302. The van der Waals surface area contributed by atoms with E-state index in [1.54, 1.807) is 19.2 Å². The number of rotatable bonds is 2. The highest BCUT2D eigenvalue weighted by Crippen LogP contribution is 2.39. The number of hydrogen-bond acceptors (Lipinski definition) is 3. The molecule has 1 N–H and O–H groups in total. The summed E-state index contributed by atoms with van der Waals surface area (Å²) < 4.78 is 40.0. The van der Waals surface area contributed by atoms with Crippen molar-refractivity contribution in [2.45, 2.75) is 10.5 Å².